The molecule has 7 rings (SSSR count). The Bertz CT molecular complexity index is 804. The van der Waals surface area contributed by atoms with Gasteiger partial charge in [-0.25, -0.2) is 9.97 Å². The van der Waals surface area contributed by atoms with Crippen molar-refractivity contribution >= 4 is 11.9 Å². The number of carbonyl (C=O) groups excluding carboxylic acids is 1. The van der Waals surface area contributed by atoms with Crippen molar-refractivity contribution in [3.05, 3.63) is 17.5 Å². The van der Waals surface area contributed by atoms with Crippen LogP contribution in [0.5, 0.6) is 0 Å². The summed E-state index contributed by atoms with van der Waals surface area (Å²) in [6, 6.07) is 0.617. The Morgan fingerprint density at radius 2 is 1.97 bits per heavy atom. The molecule has 156 valence electrons. The van der Waals surface area contributed by atoms with Crippen LogP contribution in [0, 0.1) is 17.8 Å². The number of amides is 1. The average Bonchev–Trinajstić information content (AvgIpc) is 3.32. The first-order valence-corrected chi connectivity index (χ1v) is 11.3. The van der Waals surface area contributed by atoms with E-state index in [0.717, 1.165) is 63.5 Å². The molecule has 0 spiro atoms. The first-order chi connectivity index (χ1) is 14.1. The fourth-order valence-electron chi connectivity index (χ4n) is 6.53. The smallest absolute Gasteiger partial charge is 0.255 e. The summed E-state index contributed by atoms with van der Waals surface area (Å²) in [6.45, 7) is 0.716. The van der Waals surface area contributed by atoms with E-state index < -0.39 is 5.60 Å². The maximum absolute atomic E-state index is 13.3. The van der Waals surface area contributed by atoms with Crippen molar-refractivity contribution in [2.45, 2.75) is 81.6 Å². The van der Waals surface area contributed by atoms with Gasteiger partial charge < -0.3 is 20.5 Å². The molecule has 1 aliphatic heterocycles. The number of nitrogens with one attached hydrogen (secondary N) is 2. The first-order valence-electron chi connectivity index (χ1n) is 11.3. The van der Waals surface area contributed by atoms with Crippen LogP contribution in [0.3, 0.4) is 0 Å². The Morgan fingerprint density at radius 3 is 2.62 bits per heavy atom. The van der Waals surface area contributed by atoms with E-state index in [1.807, 2.05) is 0 Å². The standard InChI is InChI=1S/C22H30N4O3/c27-20(25-18-13-6-12-7-14(18)10-22(28,8-12)9-13)16-11-23-21(24-15-3-4-15)26-19(16)17-2-1-5-29-17/h11-15,17-18,28H,1-10H2,(H,25,27)(H,23,24,26)/t12?,13?,14?,17-,18-,22+/m0/s1. The summed E-state index contributed by atoms with van der Waals surface area (Å²) < 4.78 is 5.87. The van der Waals surface area contributed by atoms with Crippen LogP contribution in [0.15, 0.2) is 6.20 Å². The van der Waals surface area contributed by atoms with E-state index in [1.54, 1.807) is 6.20 Å². The molecule has 5 aliphatic carbocycles. The van der Waals surface area contributed by atoms with Crippen molar-refractivity contribution in [1.82, 2.24) is 15.3 Å². The van der Waals surface area contributed by atoms with E-state index in [0.29, 0.717) is 41.9 Å². The van der Waals surface area contributed by atoms with E-state index in [9.17, 15) is 9.90 Å². The second kappa shape index (κ2) is 6.64. The lowest BCUT2D eigenvalue weighted by Crippen LogP contribution is -2.61. The number of ether oxygens (including phenoxy) is 1. The molecule has 3 N–H and O–H groups in total. The lowest BCUT2D eigenvalue weighted by Gasteiger charge is -2.58. The third-order valence-electron chi connectivity index (χ3n) is 7.75. The highest BCUT2D eigenvalue weighted by atomic mass is 16.5. The van der Waals surface area contributed by atoms with E-state index >= 15 is 0 Å². The molecule has 3 atom stereocenters. The fraction of sp³-hybridized carbons (Fsp3) is 0.773. The maximum atomic E-state index is 13.3. The summed E-state index contributed by atoms with van der Waals surface area (Å²) in [5.41, 5.74) is 0.783. The summed E-state index contributed by atoms with van der Waals surface area (Å²) >= 11 is 0. The van der Waals surface area contributed by atoms with Crippen LogP contribution in [0.2, 0.25) is 0 Å². The van der Waals surface area contributed by atoms with Crippen LogP contribution in [-0.4, -0.2) is 45.3 Å². The molecular formula is C22H30N4O3. The monoisotopic (exact) mass is 398 g/mol. The Labute approximate surface area is 171 Å². The third-order valence-corrected chi connectivity index (χ3v) is 7.75. The third kappa shape index (κ3) is 3.32. The van der Waals surface area contributed by atoms with Crippen molar-refractivity contribution in [3.63, 3.8) is 0 Å². The number of aromatic nitrogens is 2. The van der Waals surface area contributed by atoms with Crippen molar-refractivity contribution in [2.75, 3.05) is 11.9 Å². The van der Waals surface area contributed by atoms with E-state index in [1.165, 1.54) is 0 Å². The van der Waals surface area contributed by atoms with Crippen molar-refractivity contribution in [3.8, 4) is 0 Å². The highest BCUT2D eigenvalue weighted by Gasteiger charge is 2.55. The summed E-state index contributed by atoms with van der Waals surface area (Å²) in [4.78, 5) is 22.4. The van der Waals surface area contributed by atoms with Gasteiger partial charge in [0.15, 0.2) is 0 Å². The summed E-state index contributed by atoms with van der Waals surface area (Å²) in [6.07, 6.45) is 10.6. The van der Waals surface area contributed by atoms with Crippen LogP contribution in [0.25, 0.3) is 0 Å². The molecule has 0 radical (unpaired) electrons. The SMILES string of the molecule is O=C(N[C@H]1C2CC3CC1C[C@@](O)(C3)C2)c1cnc(NC2CC2)nc1[C@@H]1CCCO1. The minimum atomic E-state index is -0.486. The quantitative estimate of drug-likeness (QED) is 0.705. The highest BCUT2D eigenvalue weighted by Crippen LogP contribution is 2.55. The number of aliphatic hydroxyl groups is 1. The van der Waals surface area contributed by atoms with Gasteiger partial charge >= 0.3 is 0 Å². The molecule has 1 aromatic heterocycles. The Hall–Kier alpha value is -1.73. The molecule has 1 aromatic rings. The molecule has 7 nitrogen and oxygen atoms in total. The second-order valence-corrected chi connectivity index (χ2v) is 10.1. The zero-order chi connectivity index (χ0) is 19.6. The molecule has 1 amide bonds. The predicted octanol–water partition coefficient (Wildman–Crippen LogP) is 2.57. The van der Waals surface area contributed by atoms with Gasteiger partial charge in [-0.2, -0.15) is 0 Å². The maximum Gasteiger partial charge on any atom is 0.255 e. The number of hydrogen-bond acceptors (Lipinski definition) is 6. The lowest BCUT2D eigenvalue weighted by molar-refractivity contribution is -0.136. The van der Waals surface area contributed by atoms with Gasteiger partial charge in [-0.05, 0) is 75.5 Å². The van der Waals surface area contributed by atoms with Crippen LogP contribution in [0.4, 0.5) is 5.95 Å². The number of nitrogens with zero attached hydrogens (tertiary/aromatic N) is 2. The molecule has 2 unspecified atom stereocenters. The highest BCUT2D eigenvalue weighted by molar-refractivity contribution is 5.95. The molecule has 4 bridgehead atoms. The van der Waals surface area contributed by atoms with Gasteiger partial charge in [0.25, 0.3) is 5.91 Å². The molecule has 5 saturated carbocycles. The van der Waals surface area contributed by atoms with Crippen LogP contribution < -0.4 is 10.6 Å². The average molecular weight is 399 g/mol. The molecular weight excluding hydrogens is 368 g/mol. The number of rotatable bonds is 5. The van der Waals surface area contributed by atoms with E-state index in [-0.39, 0.29) is 18.1 Å². The van der Waals surface area contributed by atoms with Gasteiger partial charge in [-0.1, -0.05) is 0 Å². The molecule has 29 heavy (non-hydrogen) atoms. The fourth-order valence-corrected chi connectivity index (χ4v) is 6.53. The molecule has 1 saturated heterocycles. The zero-order valence-corrected chi connectivity index (χ0v) is 16.8. The number of hydrogen-bond donors (Lipinski definition) is 3. The van der Waals surface area contributed by atoms with Crippen LogP contribution in [-0.2, 0) is 4.74 Å². The predicted molar refractivity (Wildman–Crippen MR) is 106 cm³/mol. The van der Waals surface area contributed by atoms with Crippen molar-refractivity contribution < 1.29 is 14.6 Å². The van der Waals surface area contributed by atoms with Crippen molar-refractivity contribution in [1.29, 1.82) is 0 Å². The minimum Gasteiger partial charge on any atom is -0.390 e. The molecule has 2 heterocycles. The zero-order valence-electron chi connectivity index (χ0n) is 16.8. The molecule has 0 aromatic carbocycles. The van der Waals surface area contributed by atoms with Gasteiger partial charge in [-0.3, -0.25) is 4.79 Å². The Balaban J connectivity index is 1.24. The number of anilines is 1. The van der Waals surface area contributed by atoms with Crippen LogP contribution >= 0.6 is 0 Å². The lowest BCUT2D eigenvalue weighted by atomic mass is 9.52. The largest absolute Gasteiger partial charge is 0.390 e. The van der Waals surface area contributed by atoms with Gasteiger partial charge in [0, 0.05) is 24.9 Å². The Kier molecular flexibility index (Phi) is 4.14. The van der Waals surface area contributed by atoms with Gasteiger partial charge in [0.1, 0.15) is 6.10 Å². The molecule has 6 aliphatic rings. The van der Waals surface area contributed by atoms with Gasteiger partial charge in [0.05, 0.1) is 16.9 Å². The second-order valence-electron chi connectivity index (χ2n) is 10.1. The minimum absolute atomic E-state index is 0.0852. The van der Waals surface area contributed by atoms with Gasteiger partial charge in [0.2, 0.25) is 5.95 Å². The summed E-state index contributed by atoms with van der Waals surface area (Å²) in [5.74, 6) is 1.92. The van der Waals surface area contributed by atoms with Crippen LogP contribution in [0.1, 0.15) is 79.9 Å². The normalized spacial score (nSPS) is 40.2. The summed E-state index contributed by atoms with van der Waals surface area (Å²) in [7, 11) is 0. The van der Waals surface area contributed by atoms with Gasteiger partial charge in [-0.15, -0.1) is 0 Å². The summed E-state index contributed by atoms with van der Waals surface area (Å²) in [5, 5.41) is 17.5. The van der Waals surface area contributed by atoms with E-state index in [2.05, 4.69) is 15.6 Å². The van der Waals surface area contributed by atoms with Crippen molar-refractivity contribution in [2.24, 2.45) is 17.8 Å². The number of carbonyl (C=O) groups is 1. The van der Waals surface area contributed by atoms with E-state index in [4.69, 9.17) is 9.72 Å². The molecule has 6 fully saturated rings. The molecule has 7 heteroatoms. The first kappa shape index (κ1) is 18.1. The Morgan fingerprint density at radius 1 is 1.17 bits per heavy atom. The topological polar surface area (TPSA) is 96.4 Å².